The molecule has 25 heavy (non-hydrogen) atoms. The predicted molar refractivity (Wildman–Crippen MR) is 89.4 cm³/mol. The molecule has 0 aliphatic rings. The lowest BCUT2D eigenvalue weighted by Gasteiger charge is -1.98. The SMILES string of the molecule is COc1nnc(NN=c2ccc(=O)c(=NNc3ccnn3C)c2=O)s1. The fourth-order valence-electron chi connectivity index (χ4n) is 1.78. The summed E-state index contributed by atoms with van der Waals surface area (Å²) in [6.45, 7) is 0. The molecule has 0 atom stereocenters. The molecule has 0 unspecified atom stereocenters. The van der Waals surface area contributed by atoms with E-state index in [1.807, 2.05) is 0 Å². The molecule has 0 aliphatic heterocycles. The van der Waals surface area contributed by atoms with E-state index in [1.165, 1.54) is 23.9 Å². The highest BCUT2D eigenvalue weighted by molar-refractivity contribution is 7.16. The zero-order chi connectivity index (χ0) is 17.8. The van der Waals surface area contributed by atoms with Gasteiger partial charge in [-0.25, -0.2) is 0 Å². The van der Waals surface area contributed by atoms with Crippen molar-refractivity contribution in [2.75, 3.05) is 18.0 Å². The number of benzene rings is 1. The molecule has 11 nitrogen and oxygen atoms in total. The van der Waals surface area contributed by atoms with Crippen molar-refractivity contribution in [3.05, 3.63) is 55.6 Å². The quantitative estimate of drug-likeness (QED) is 0.538. The second-order valence-electron chi connectivity index (χ2n) is 4.63. The lowest BCUT2D eigenvalue weighted by Crippen LogP contribution is -2.48. The third kappa shape index (κ3) is 3.58. The van der Waals surface area contributed by atoms with Gasteiger partial charge in [0.25, 0.3) is 5.19 Å². The van der Waals surface area contributed by atoms with E-state index in [0.717, 1.165) is 11.3 Å². The van der Waals surface area contributed by atoms with Gasteiger partial charge in [0.15, 0.2) is 5.36 Å². The summed E-state index contributed by atoms with van der Waals surface area (Å²) in [4.78, 5) is 24.3. The van der Waals surface area contributed by atoms with Crippen molar-refractivity contribution >= 4 is 22.3 Å². The average Bonchev–Trinajstić information content (AvgIpc) is 3.23. The summed E-state index contributed by atoms with van der Waals surface area (Å²) >= 11 is 1.12. The van der Waals surface area contributed by atoms with Gasteiger partial charge in [0.05, 0.1) is 13.3 Å². The Morgan fingerprint density at radius 2 is 2.00 bits per heavy atom. The maximum absolute atomic E-state index is 12.4. The Bertz CT molecular complexity index is 1110. The maximum atomic E-state index is 12.4. The van der Waals surface area contributed by atoms with E-state index < -0.39 is 10.9 Å². The van der Waals surface area contributed by atoms with Gasteiger partial charge in [-0.1, -0.05) is 5.10 Å². The number of aryl methyl sites for hydroxylation is 1. The van der Waals surface area contributed by atoms with Gasteiger partial charge in [-0.15, -0.1) is 5.10 Å². The maximum Gasteiger partial charge on any atom is 0.295 e. The van der Waals surface area contributed by atoms with Crippen molar-refractivity contribution in [1.29, 1.82) is 0 Å². The summed E-state index contributed by atoms with van der Waals surface area (Å²) in [6.07, 6.45) is 1.56. The Balaban J connectivity index is 1.94. The van der Waals surface area contributed by atoms with Crippen LogP contribution in [-0.4, -0.2) is 27.1 Å². The number of methoxy groups -OCH3 is 1. The molecule has 0 amide bonds. The van der Waals surface area contributed by atoms with Crippen LogP contribution in [0.4, 0.5) is 10.9 Å². The summed E-state index contributed by atoms with van der Waals surface area (Å²) in [5.74, 6) is 0.528. The highest BCUT2D eigenvalue weighted by Crippen LogP contribution is 2.20. The first-order valence-electron chi connectivity index (χ1n) is 6.88. The Kier molecular flexibility index (Phi) is 4.61. The topological polar surface area (TPSA) is 136 Å². The predicted octanol–water partition coefficient (Wildman–Crippen LogP) is -1.27. The summed E-state index contributed by atoms with van der Waals surface area (Å²) in [5.41, 5.74) is 4.09. The first-order valence-corrected chi connectivity index (χ1v) is 7.70. The van der Waals surface area contributed by atoms with Crippen molar-refractivity contribution < 1.29 is 4.74 Å². The molecule has 0 fully saturated rings. The summed E-state index contributed by atoms with van der Waals surface area (Å²) in [6, 6.07) is 4.17. The van der Waals surface area contributed by atoms with Crippen LogP contribution in [0.3, 0.4) is 0 Å². The van der Waals surface area contributed by atoms with E-state index in [4.69, 9.17) is 4.74 Å². The summed E-state index contributed by atoms with van der Waals surface area (Å²) in [5, 5.41) is 19.7. The fraction of sp³-hybridized carbons (Fsp3) is 0.154. The van der Waals surface area contributed by atoms with Gasteiger partial charge >= 0.3 is 0 Å². The molecule has 12 heteroatoms. The first kappa shape index (κ1) is 16.4. The van der Waals surface area contributed by atoms with Crippen molar-refractivity contribution in [2.45, 2.75) is 0 Å². The third-order valence-corrected chi connectivity index (χ3v) is 3.82. The van der Waals surface area contributed by atoms with Crippen LogP contribution >= 0.6 is 11.3 Å². The second-order valence-corrected chi connectivity index (χ2v) is 5.57. The molecular formula is C13H12N8O3S. The molecule has 1 aromatic carbocycles. The van der Waals surface area contributed by atoms with Crippen molar-refractivity contribution in [3.8, 4) is 5.19 Å². The number of nitrogens with one attached hydrogen (secondary N) is 2. The highest BCUT2D eigenvalue weighted by atomic mass is 32.1. The van der Waals surface area contributed by atoms with E-state index in [0.29, 0.717) is 16.1 Å². The van der Waals surface area contributed by atoms with E-state index in [9.17, 15) is 9.59 Å². The van der Waals surface area contributed by atoms with Crippen LogP contribution in [0.15, 0.2) is 44.2 Å². The minimum Gasteiger partial charge on any atom is -0.472 e. The van der Waals surface area contributed by atoms with Crippen LogP contribution in [-0.2, 0) is 7.05 Å². The van der Waals surface area contributed by atoms with Gasteiger partial charge in [0.1, 0.15) is 11.2 Å². The van der Waals surface area contributed by atoms with Crippen LogP contribution in [0.25, 0.3) is 0 Å². The van der Waals surface area contributed by atoms with Crippen LogP contribution in [0.5, 0.6) is 5.19 Å². The zero-order valence-corrected chi connectivity index (χ0v) is 13.9. The molecule has 0 bridgehead atoms. The van der Waals surface area contributed by atoms with Crippen molar-refractivity contribution in [1.82, 2.24) is 20.0 Å². The van der Waals surface area contributed by atoms with Gasteiger partial charge in [-0.3, -0.25) is 25.1 Å². The smallest absolute Gasteiger partial charge is 0.295 e. The molecule has 0 saturated heterocycles. The number of aromatic nitrogens is 4. The molecule has 2 aromatic heterocycles. The third-order valence-electron chi connectivity index (χ3n) is 3.03. The lowest BCUT2D eigenvalue weighted by atomic mass is 10.3. The van der Waals surface area contributed by atoms with Gasteiger partial charge in [0.2, 0.25) is 16.0 Å². The molecular weight excluding hydrogens is 348 g/mol. The van der Waals surface area contributed by atoms with E-state index >= 15 is 0 Å². The molecule has 0 spiro atoms. The average molecular weight is 360 g/mol. The van der Waals surface area contributed by atoms with Crippen LogP contribution in [0.1, 0.15) is 0 Å². The van der Waals surface area contributed by atoms with Crippen molar-refractivity contribution in [3.63, 3.8) is 0 Å². The summed E-state index contributed by atoms with van der Waals surface area (Å²) < 4.78 is 6.42. The monoisotopic (exact) mass is 360 g/mol. The Labute approximate surface area is 143 Å². The highest BCUT2D eigenvalue weighted by Gasteiger charge is 2.04. The Hall–Kier alpha value is -3.41. The minimum atomic E-state index is -0.619. The summed E-state index contributed by atoms with van der Waals surface area (Å²) in [7, 11) is 3.16. The van der Waals surface area contributed by atoms with Crippen LogP contribution in [0, 0.1) is 0 Å². The number of anilines is 2. The zero-order valence-electron chi connectivity index (χ0n) is 13.1. The Morgan fingerprint density at radius 1 is 1.16 bits per heavy atom. The number of ether oxygens (including phenoxy) is 1. The normalized spacial score (nSPS) is 12.4. The number of hydrogen-bond acceptors (Lipinski definition) is 11. The minimum absolute atomic E-state index is 0.0133. The molecule has 128 valence electrons. The molecule has 2 N–H and O–H groups in total. The Morgan fingerprint density at radius 3 is 2.68 bits per heavy atom. The number of rotatable bonds is 5. The molecule has 3 aromatic rings. The van der Waals surface area contributed by atoms with Crippen LogP contribution in [0.2, 0.25) is 0 Å². The molecule has 0 radical (unpaired) electrons. The molecule has 0 aliphatic carbocycles. The van der Waals surface area contributed by atoms with Gasteiger partial charge < -0.3 is 4.74 Å². The van der Waals surface area contributed by atoms with E-state index in [-0.39, 0.29) is 10.7 Å². The van der Waals surface area contributed by atoms with Crippen molar-refractivity contribution in [2.24, 2.45) is 17.3 Å². The van der Waals surface area contributed by atoms with Gasteiger partial charge in [-0.05, 0) is 23.5 Å². The van der Waals surface area contributed by atoms with Gasteiger partial charge in [0, 0.05) is 13.1 Å². The number of nitrogens with zero attached hydrogens (tertiary/aromatic N) is 6. The molecule has 3 rings (SSSR count). The second kappa shape index (κ2) is 7.00. The molecule has 0 saturated carbocycles. The first-order chi connectivity index (χ1) is 12.1. The van der Waals surface area contributed by atoms with Crippen LogP contribution < -0.4 is 37.2 Å². The number of hydrogen-bond donors (Lipinski definition) is 2. The lowest BCUT2D eigenvalue weighted by molar-refractivity contribution is 0.407. The largest absolute Gasteiger partial charge is 0.472 e. The van der Waals surface area contributed by atoms with E-state index in [1.54, 1.807) is 19.3 Å². The molecule has 2 heterocycles. The standard InChI is InChI=1S/C13H12N8O3S/c1-21-9(5-6-14-21)16-17-10-8(22)4-3-7(11(10)23)15-18-12-19-20-13(24-2)25-12/h3-6,16H,1-2H3,(H,18,19). The van der Waals surface area contributed by atoms with E-state index in [2.05, 4.69) is 36.4 Å². The fourth-order valence-corrected chi connectivity index (χ4v) is 2.28. The van der Waals surface area contributed by atoms with Gasteiger partial charge in [-0.2, -0.15) is 15.3 Å².